The van der Waals surface area contributed by atoms with Crippen molar-refractivity contribution in [3.8, 4) is 0 Å². The largest absolute Gasteiger partial charge is 0.366 e. The average Bonchev–Trinajstić information content (AvgIpc) is 3.41. The van der Waals surface area contributed by atoms with Crippen molar-refractivity contribution in [1.82, 2.24) is 20.2 Å². The van der Waals surface area contributed by atoms with E-state index in [1.165, 1.54) is 11.9 Å². The van der Waals surface area contributed by atoms with Crippen LogP contribution in [0.4, 0.5) is 5.69 Å². The molecule has 3 N–H and O–H groups in total. The van der Waals surface area contributed by atoms with Gasteiger partial charge in [0.25, 0.3) is 5.91 Å². The van der Waals surface area contributed by atoms with Gasteiger partial charge in [0.1, 0.15) is 6.33 Å². The van der Waals surface area contributed by atoms with Crippen LogP contribution in [0.3, 0.4) is 0 Å². The molecular formula is C28H36N6O2S. The predicted octanol–water partition coefficient (Wildman–Crippen LogP) is 3.93. The van der Waals surface area contributed by atoms with E-state index in [0.717, 1.165) is 44.6 Å². The van der Waals surface area contributed by atoms with Crippen LogP contribution in [0.25, 0.3) is 0 Å². The highest BCUT2D eigenvalue weighted by Gasteiger charge is 2.27. The van der Waals surface area contributed by atoms with Crippen LogP contribution in [0.2, 0.25) is 0 Å². The SMILES string of the molecule is Cc1ncnc(C)c1C(=O)NCCC(C)N1CCC(N(Cc2ccsc2)c2ccc(C(N)=O)cc2)CC1. The summed E-state index contributed by atoms with van der Waals surface area (Å²) in [6.07, 6.45) is 4.48. The molecule has 1 aromatic carbocycles. The number of benzene rings is 1. The summed E-state index contributed by atoms with van der Waals surface area (Å²) in [5.41, 5.74) is 10.4. The van der Waals surface area contributed by atoms with Gasteiger partial charge in [-0.1, -0.05) is 0 Å². The van der Waals surface area contributed by atoms with E-state index < -0.39 is 5.91 Å². The molecule has 3 heterocycles. The predicted molar refractivity (Wildman–Crippen MR) is 148 cm³/mol. The van der Waals surface area contributed by atoms with Crippen LogP contribution in [-0.2, 0) is 6.54 Å². The van der Waals surface area contributed by atoms with Gasteiger partial charge in [0.2, 0.25) is 5.91 Å². The molecule has 0 radical (unpaired) electrons. The molecule has 1 saturated heterocycles. The van der Waals surface area contributed by atoms with Gasteiger partial charge in [-0.05, 0) is 86.7 Å². The van der Waals surface area contributed by atoms with Crippen LogP contribution >= 0.6 is 11.3 Å². The molecule has 0 bridgehead atoms. The van der Waals surface area contributed by atoms with Crippen molar-refractivity contribution in [2.75, 3.05) is 24.5 Å². The Morgan fingerprint density at radius 2 is 1.81 bits per heavy atom. The maximum absolute atomic E-state index is 12.7. The van der Waals surface area contributed by atoms with E-state index in [1.54, 1.807) is 11.3 Å². The fourth-order valence-electron chi connectivity index (χ4n) is 5.05. The first-order valence-electron chi connectivity index (χ1n) is 12.8. The first-order valence-corrected chi connectivity index (χ1v) is 13.8. The number of amides is 2. The first-order chi connectivity index (χ1) is 17.8. The lowest BCUT2D eigenvalue weighted by molar-refractivity contribution is 0.0941. The smallest absolute Gasteiger partial charge is 0.254 e. The molecule has 1 aliphatic rings. The Morgan fingerprint density at radius 1 is 1.14 bits per heavy atom. The highest BCUT2D eigenvalue weighted by atomic mass is 32.1. The van der Waals surface area contributed by atoms with Crippen molar-refractivity contribution in [2.24, 2.45) is 5.73 Å². The zero-order valence-corrected chi connectivity index (χ0v) is 22.6. The number of primary amides is 1. The van der Waals surface area contributed by atoms with Crippen LogP contribution in [0.15, 0.2) is 47.4 Å². The summed E-state index contributed by atoms with van der Waals surface area (Å²) >= 11 is 1.71. The molecule has 0 aliphatic carbocycles. The first kappa shape index (κ1) is 26.8. The lowest BCUT2D eigenvalue weighted by Gasteiger charge is -2.42. The Kier molecular flexibility index (Phi) is 8.89. The van der Waals surface area contributed by atoms with Crippen molar-refractivity contribution >= 4 is 28.8 Å². The Labute approximate surface area is 222 Å². The molecule has 8 nitrogen and oxygen atoms in total. The normalized spacial score (nSPS) is 15.3. The number of rotatable bonds is 10. The zero-order chi connectivity index (χ0) is 26.4. The molecule has 196 valence electrons. The highest BCUT2D eigenvalue weighted by molar-refractivity contribution is 7.07. The number of thiophene rings is 1. The highest BCUT2D eigenvalue weighted by Crippen LogP contribution is 2.28. The summed E-state index contributed by atoms with van der Waals surface area (Å²) in [4.78, 5) is 37.5. The molecule has 9 heteroatoms. The van der Waals surface area contributed by atoms with Crippen LogP contribution in [0.5, 0.6) is 0 Å². The zero-order valence-electron chi connectivity index (χ0n) is 21.8. The standard InChI is InChI=1S/C28H36N6O2S/c1-19(8-12-30-28(36)26-20(2)31-18-32-21(26)3)33-13-9-25(10-14-33)34(16-22-11-15-37-17-22)24-6-4-23(5-7-24)27(29)35/h4-7,11,15,17-19,25H,8-10,12-14,16H2,1-3H3,(H2,29,35)(H,30,36). The van der Waals surface area contributed by atoms with E-state index in [2.05, 4.69) is 48.8 Å². The van der Waals surface area contributed by atoms with Gasteiger partial charge in [-0.15, -0.1) is 0 Å². The number of hydrogen-bond donors (Lipinski definition) is 2. The second-order valence-corrected chi connectivity index (χ2v) is 10.5. The monoisotopic (exact) mass is 520 g/mol. The summed E-state index contributed by atoms with van der Waals surface area (Å²) in [6, 6.07) is 10.6. The number of likely N-dealkylation sites (tertiary alicyclic amines) is 1. The van der Waals surface area contributed by atoms with E-state index in [4.69, 9.17) is 5.73 Å². The number of nitrogens with zero attached hydrogens (tertiary/aromatic N) is 4. The van der Waals surface area contributed by atoms with Crippen molar-refractivity contribution in [3.63, 3.8) is 0 Å². The Balaban J connectivity index is 1.32. The van der Waals surface area contributed by atoms with Gasteiger partial charge < -0.3 is 20.9 Å². The summed E-state index contributed by atoms with van der Waals surface area (Å²) in [7, 11) is 0. The third-order valence-electron chi connectivity index (χ3n) is 7.28. The average molecular weight is 521 g/mol. The van der Waals surface area contributed by atoms with E-state index >= 15 is 0 Å². The van der Waals surface area contributed by atoms with Crippen LogP contribution in [0.1, 0.15) is 63.9 Å². The summed E-state index contributed by atoms with van der Waals surface area (Å²) in [6.45, 7) is 9.38. The Bertz CT molecular complexity index is 1170. The van der Waals surface area contributed by atoms with Gasteiger partial charge in [0.15, 0.2) is 0 Å². The number of nitrogens with two attached hydrogens (primary N) is 1. The maximum atomic E-state index is 12.7. The minimum Gasteiger partial charge on any atom is -0.366 e. The molecule has 37 heavy (non-hydrogen) atoms. The minimum absolute atomic E-state index is 0.104. The number of piperidine rings is 1. The summed E-state index contributed by atoms with van der Waals surface area (Å²) in [5.74, 6) is -0.510. The van der Waals surface area contributed by atoms with Gasteiger partial charge in [0, 0.05) is 49.5 Å². The van der Waals surface area contributed by atoms with Gasteiger partial charge in [-0.3, -0.25) is 9.59 Å². The number of aryl methyl sites for hydroxylation is 2. The minimum atomic E-state index is -0.406. The molecular weight excluding hydrogens is 484 g/mol. The fourth-order valence-corrected chi connectivity index (χ4v) is 5.71. The number of nitrogens with one attached hydrogen (secondary N) is 1. The molecule has 2 aromatic heterocycles. The maximum Gasteiger partial charge on any atom is 0.254 e. The van der Waals surface area contributed by atoms with Crippen molar-refractivity contribution in [3.05, 3.63) is 75.5 Å². The van der Waals surface area contributed by atoms with Crippen LogP contribution < -0.4 is 16.0 Å². The Morgan fingerprint density at radius 3 is 2.41 bits per heavy atom. The van der Waals surface area contributed by atoms with Gasteiger partial charge in [-0.25, -0.2) is 9.97 Å². The second-order valence-electron chi connectivity index (χ2n) is 9.75. The van der Waals surface area contributed by atoms with Crippen molar-refractivity contribution < 1.29 is 9.59 Å². The van der Waals surface area contributed by atoms with Crippen LogP contribution in [-0.4, -0.2) is 58.4 Å². The molecule has 1 atom stereocenters. The molecule has 0 saturated carbocycles. The number of aromatic nitrogens is 2. The van der Waals surface area contributed by atoms with E-state index in [9.17, 15) is 9.59 Å². The third-order valence-corrected chi connectivity index (χ3v) is 8.01. The summed E-state index contributed by atoms with van der Waals surface area (Å²) in [5, 5.41) is 7.36. The lowest BCUT2D eigenvalue weighted by Crippen LogP contribution is -2.48. The van der Waals surface area contributed by atoms with Gasteiger partial charge >= 0.3 is 0 Å². The molecule has 3 aromatic rings. The number of anilines is 1. The molecule has 1 fully saturated rings. The quantitative estimate of drug-likeness (QED) is 0.420. The molecule has 0 spiro atoms. The number of hydrogen-bond acceptors (Lipinski definition) is 7. The van der Waals surface area contributed by atoms with Gasteiger partial charge in [0.05, 0.1) is 17.0 Å². The molecule has 1 aliphatic heterocycles. The van der Waals surface area contributed by atoms with Crippen LogP contribution in [0, 0.1) is 13.8 Å². The molecule has 2 amide bonds. The number of carbonyl (C=O) groups excluding carboxylic acids is 2. The fraction of sp³-hybridized carbons (Fsp3) is 0.429. The topological polar surface area (TPSA) is 104 Å². The second kappa shape index (κ2) is 12.3. The van der Waals surface area contributed by atoms with Crippen molar-refractivity contribution in [1.29, 1.82) is 0 Å². The van der Waals surface area contributed by atoms with Crippen molar-refractivity contribution in [2.45, 2.75) is 58.7 Å². The van der Waals surface area contributed by atoms with E-state index in [1.807, 2.05) is 38.1 Å². The third kappa shape index (κ3) is 6.72. The summed E-state index contributed by atoms with van der Waals surface area (Å²) < 4.78 is 0. The lowest BCUT2D eigenvalue weighted by atomic mass is 9.99. The van der Waals surface area contributed by atoms with Gasteiger partial charge in [-0.2, -0.15) is 11.3 Å². The van der Waals surface area contributed by atoms with E-state index in [0.29, 0.717) is 41.1 Å². The number of carbonyl (C=O) groups is 2. The van der Waals surface area contributed by atoms with E-state index in [-0.39, 0.29) is 5.91 Å². The Hall–Kier alpha value is -3.30. The molecule has 1 unspecified atom stereocenters. The molecule has 4 rings (SSSR count).